The molecule has 1 heterocycles. The van der Waals surface area contributed by atoms with Crippen molar-refractivity contribution < 1.29 is 14.4 Å². The number of carboxylic acids is 1. The summed E-state index contributed by atoms with van der Waals surface area (Å²) < 4.78 is 5.23. The second kappa shape index (κ2) is 5.88. The van der Waals surface area contributed by atoms with Crippen molar-refractivity contribution in [3.05, 3.63) is 42.2 Å². The topological polar surface area (TPSA) is 75.4 Å². The number of hydrogen-bond donors (Lipinski definition) is 2. The van der Waals surface area contributed by atoms with E-state index in [0.717, 1.165) is 11.3 Å². The lowest BCUT2D eigenvalue weighted by Crippen LogP contribution is -2.48. The number of nitrogens with zero attached hydrogens (tertiary/aromatic N) is 1. The van der Waals surface area contributed by atoms with E-state index < -0.39 is 11.5 Å². The number of nitrogens with one attached hydrogen (secondary N) is 1. The monoisotopic (exact) mass is 274 g/mol. The van der Waals surface area contributed by atoms with Crippen molar-refractivity contribution in [3.8, 4) is 11.3 Å². The van der Waals surface area contributed by atoms with Crippen molar-refractivity contribution in [1.82, 2.24) is 10.5 Å². The highest BCUT2D eigenvalue weighted by molar-refractivity contribution is 5.78. The van der Waals surface area contributed by atoms with Gasteiger partial charge in [-0.1, -0.05) is 42.4 Å². The second-order valence-electron chi connectivity index (χ2n) is 4.89. The molecule has 1 atom stereocenters. The van der Waals surface area contributed by atoms with E-state index in [1.165, 1.54) is 0 Å². The van der Waals surface area contributed by atoms with Crippen LogP contribution in [-0.2, 0) is 11.3 Å². The van der Waals surface area contributed by atoms with Gasteiger partial charge in [0.05, 0.1) is 6.54 Å². The fraction of sp³-hybridized carbons (Fsp3) is 0.333. The van der Waals surface area contributed by atoms with E-state index in [-0.39, 0.29) is 0 Å². The van der Waals surface area contributed by atoms with E-state index in [1.54, 1.807) is 6.92 Å². The molecule has 0 aliphatic heterocycles. The molecule has 106 valence electrons. The van der Waals surface area contributed by atoms with Gasteiger partial charge < -0.3 is 9.63 Å². The fourth-order valence-corrected chi connectivity index (χ4v) is 1.78. The Labute approximate surface area is 117 Å². The van der Waals surface area contributed by atoms with Gasteiger partial charge in [0.25, 0.3) is 0 Å². The molecule has 0 saturated heterocycles. The Bertz CT molecular complexity index is 580. The van der Waals surface area contributed by atoms with E-state index in [2.05, 4.69) is 10.5 Å². The highest BCUT2D eigenvalue weighted by Crippen LogP contribution is 2.19. The molecule has 5 nitrogen and oxygen atoms in total. The highest BCUT2D eigenvalue weighted by atomic mass is 16.5. The molecule has 5 heteroatoms. The molecule has 0 fully saturated rings. The maximum atomic E-state index is 11.2. The Hall–Kier alpha value is -2.14. The van der Waals surface area contributed by atoms with Gasteiger partial charge >= 0.3 is 5.97 Å². The number of hydrogen-bond acceptors (Lipinski definition) is 4. The molecule has 2 N–H and O–H groups in total. The lowest BCUT2D eigenvalue weighted by molar-refractivity contribution is -0.144. The molecule has 0 aliphatic carbocycles. The van der Waals surface area contributed by atoms with Crippen LogP contribution in [0.15, 0.2) is 40.9 Å². The Balaban J connectivity index is 2.06. The van der Waals surface area contributed by atoms with Gasteiger partial charge in [0, 0.05) is 11.6 Å². The lowest BCUT2D eigenvalue weighted by Gasteiger charge is -2.23. The molecule has 0 saturated carbocycles. The van der Waals surface area contributed by atoms with Gasteiger partial charge in [-0.25, -0.2) is 0 Å². The molecular formula is C15H18N2O3. The van der Waals surface area contributed by atoms with Gasteiger partial charge in [-0.3, -0.25) is 10.1 Å². The minimum Gasteiger partial charge on any atom is -0.480 e. The summed E-state index contributed by atoms with van der Waals surface area (Å²) in [5.41, 5.74) is 0.759. The summed E-state index contributed by atoms with van der Waals surface area (Å²) in [5, 5.41) is 16.2. The molecule has 0 spiro atoms. The first kappa shape index (κ1) is 14.3. The van der Waals surface area contributed by atoms with Gasteiger partial charge in [0.15, 0.2) is 5.76 Å². The number of aromatic nitrogens is 1. The Morgan fingerprint density at radius 3 is 2.70 bits per heavy atom. The molecule has 1 unspecified atom stereocenters. The van der Waals surface area contributed by atoms with E-state index in [4.69, 9.17) is 4.52 Å². The van der Waals surface area contributed by atoms with E-state index in [1.807, 2.05) is 43.3 Å². The molecule has 0 amide bonds. The molecule has 1 aromatic carbocycles. The average molecular weight is 274 g/mol. The van der Waals surface area contributed by atoms with Gasteiger partial charge in [-0.2, -0.15) is 0 Å². The van der Waals surface area contributed by atoms with Gasteiger partial charge in [-0.05, 0) is 13.3 Å². The molecular weight excluding hydrogens is 256 g/mol. The maximum absolute atomic E-state index is 11.2. The summed E-state index contributed by atoms with van der Waals surface area (Å²) in [6.45, 7) is 3.82. The van der Waals surface area contributed by atoms with Crippen molar-refractivity contribution in [2.75, 3.05) is 0 Å². The van der Waals surface area contributed by atoms with Crippen LogP contribution in [0.25, 0.3) is 11.3 Å². The van der Waals surface area contributed by atoms with E-state index in [9.17, 15) is 9.90 Å². The molecule has 20 heavy (non-hydrogen) atoms. The molecule has 1 aromatic heterocycles. The van der Waals surface area contributed by atoms with Crippen LogP contribution in [0, 0.1) is 0 Å². The summed E-state index contributed by atoms with van der Waals surface area (Å²) in [5.74, 6) is -0.257. The Morgan fingerprint density at radius 2 is 2.10 bits per heavy atom. The van der Waals surface area contributed by atoms with E-state index in [0.29, 0.717) is 18.7 Å². The van der Waals surface area contributed by atoms with Crippen molar-refractivity contribution in [1.29, 1.82) is 0 Å². The lowest BCUT2D eigenvalue weighted by atomic mass is 9.99. The van der Waals surface area contributed by atoms with Crippen molar-refractivity contribution in [3.63, 3.8) is 0 Å². The fourth-order valence-electron chi connectivity index (χ4n) is 1.78. The van der Waals surface area contributed by atoms with Crippen LogP contribution >= 0.6 is 0 Å². The summed E-state index contributed by atoms with van der Waals surface area (Å²) in [7, 11) is 0. The quantitative estimate of drug-likeness (QED) is 0.847. The zero-order chi connectivity index (χ0) is 14.6. The largest absolute Gasteiger partial charge is 0.480 e. The van der Waals surface area contributed by atoms with Crippen LogP contribution in [-0.4, -0.2) is 21.8 Å². The maximum Gasteiger partial charge on any atom is 0.323 e. The smallest absolute Gasteiger partial charge is 0.323 e. The van der Waals surface area contributed by atoms with Crippen LogP contribution in [0.2, 0.25) is 0 Å². The first-order chi connectivity index (χ1) is 9.55. The van der Waals surface area contributed by atoms with Crippen molar-refractivity contribution in [2.45, 2.75) is 32.4 Å². The minimum atomic E-state index is -0.959. The average Bonchev–Trinajstić information content (AvgIpc) is 2.94. The number of benzene rings is 1. The zero-order valence-corrected chi connectivity index (χ0v) is 11.6. The van der Waals surface area contributed by atoms with E-state index >= 15 is 0 Å². The zero-order valence-electron chi connectivity index (χ0n) is 11.6. The Kier molecular flexibility index (Phi) is 4.20. The van der Waals surface area contributed by atoms with Crippen LogP contribution in [0.1, 0.15) is 26.0 Å². The minimum absolute atomic E-state index is 0.330. The molecule has 0 aliphatic rings. The van der Waals surface area contributed by atoms with Crippen LogP contribution in [0.5, 0.6) is 0 Å². The number of aliphatic carboxylic acids is 1. The summed E-state index contributed by atoms with van der Waals surface area (Å²) in [6, 6.07) is 11.5. The van der Waals surface area contributed by atoms with Crippen LogP contribution < -0.4 is 5.32 Å². The predicted molar refractivity (Wildman–Crippen MR) is 75.1 cm³/mol. The van der Waals surface area contributed by atoms with Crippen molar-refractivity contribution >= 4 is 5.97 Å². The van der Waals surface area contributed by atoms with Gasteiger partial charge in [-0.15, -0.1) is 0 Å². The highest BCUT2D eigenvalue weighted by Gasteiger charge is 2.30. The van der Waals surface area contributed by atoms with Crippen LogP contribution in [0.3, 0.4) is 0 Å². The third-order valence-corrected chi connectivity index (χ3v) is 3.46. The molecule has 2 rings (SSSR count). The van der Waals surface area contributed by atoms with Gasteiger partial charge in [0.1, 0.15) is 11.2 Å². The third-order valence-electron chi connectivity index (χ3n) is 3.46. The predicted octanol–water partition coefficient (Wildman–Crippen LogP) is 2.68. The summed E-state index contributed by atoms with van der Waals surface area (Å²) >= 11 is 0. The SMILES string of the molecule is CCC(C)(NCc1cc(-c2ccccc2)no1)C(=O)O. The second-order valence-corrected chi connectivity index (χ2v) is 4.89. The molecule has 2 aromatic rings. The number of carbonyl (C=O) groups is 1. The first-order valence-corrected chi connectivity index (χ1v) is 6.54. The van der Waals surface area contributed by atoms with Crippen LogP contribution in [0.4, 0.5) is 0 Å². The number of carboxylic acid groups (broad SMARTS) is 1. The first-order valence-electron chi connectivity index (χ1n) is 6.54. The summed E-state index contributed by atoms with van der Waals surface area (Å²) in [4.78, 5) is 11.2. The standard InChI is InChI=1S/C15H18N2O3/c1-3-15(2,14(18)19)16-10-12-9-13(17-20-12)11-7-5-4-6-8-11/h4-9,16H,3,10H2,1-2H3,(H,18,19). The normalized spacial score (nSPS) is 13.9. The molecule has 0 bridgehead atoms. The van der Waals surface area contributed by atoms with Crippen molar-refractivity contribution in [2.24, 2.45) is 0 Å². The summed E-state index contributed by atoms with van der Waals surface area (Å²) in [6.07, 6.45) is 0.488. The van der Waals surface area contributed by atoms with Gasteiger partial charge in [0.2, 0.25) is 0 Å². The molecule has 0 radical (unpaired) electrons. The Morgan fingerprint density at radius 1 is 1.40 bits per heavy atom. The number of rotatable bonds is 6. The third kappa shape index (κ3) is 3.05.